The van der Waals surface area contributed by atoms with Crippen molar-refractivity contribution in [1.82, 2.24) is 0 Å². The molecule has 0 saturated carbocycles. The third-order valence-electron chi connectivity index (χ3n) is 2.96. The number of hydrogen-bond donors (Lipinski definition) is 1. The van der Waals surface area contributed by atoms with Gasteiger partial charge in [-0.2, -0.15) is 0 Å². The molecule has 1 atom stereocenters. The van der Waals surface area contributed by atoms with Crippen molar-refractivity contribution in [3.8, 4) is 0 Å². The van der Waals surface area contributed by atoms with Gasteiger partial charge in [-0.15, -0.1) is 0 Å². The minimum Gasteiger partial charge on any atom is -0.508 e. The summed E-state index contributed by atoms with van der Waals surface area (Å²) in [6, 6.07) is 0. The van der Waals surface area contributed by atoms with Crippen LogP contribution >= 0.6 is 0 Å². The zero-order valence-corrected chi connectivity index (χ0v) is 11.6. The number of aliphatic hydroxyl groups excluding tert-OH is 1. The second-order valence-corrected chi connectivity index (χ2v) is 4.62. The van der Waals surface area contributed by atoms with Gasteiger partial charge in [-0.05, 0) is 37.8 Å². The van der Waals surface area contributed by atoms with E-state index in [2.05, 4.69) is 0 Å². The van der Waals surface area contributed by atoms with Crippen molar-refractivity contribution >= 4 is 5.97 Å². The Morgan fingerprint density at radius 1 is 1.32 bits per heavy atom. The molecule has 1 N–H and O–H groups in total. The molecule has 0 spiro atoms. The van der Waals surface area contributed by atoms with Gasteiger partial charge in [-0.25, -0.2) is 0 Å². The van der Waals surface area contributed by atoms with Crippen molar-refractivity contribution in [3.05, 3.63) is 24.0 Å². The first-order valence-corrected chi connectivity index (χ1v) is 7.07. The number of aliphatic hydroxyl groups is 1. The Kier molecular flexibility index (Phi) is 7.98. The topological polar surface area (TPSA) is 55.8 Å². The third kappa shape index (κ3) is 7.67. The molecule has 19 heavy (non-hydrogen) atoms. The summed E-state index contributed by atoms with van der Waals surface area (Å²) in [4.78, 5) is 10.9. The number of hydrogen-bond acceptors (Lipinski definition) is 4. The van der Waals surface area contributed by atoms with Crippen molar-refractivity contribution in [3.63, 3.8) is 0 Å². The lowest BCUT2D eigenvalue weighted by Crippen LogP contribution is -2.12. The lowest BCUT2D eigenvalue weighted by atomic mass is 10.1. The Morgan fingerprint density at radius 3 is 2.68 bits per heavy atom. The molecular weight excluding hydrogens is 244 g/mol. The number of ether oxygens (including phenoxy) is 2. The first-order valence-electron chi connectivity index (χ1n) is 7.07. The van der Waals surface area contributed by atoms with Crippen LogP contribution in [-0.4, -0.2) is 30.4 Å². The van der Waals surface area contributed by atoms with Crippen LogP contribution in [0.2, 0.25) is 0 Å². The number of unbranched alkanes of at least 4 members (excludes halogenated alkanes) is 3. The standard InChI is InChI=1S/C15H24O4/c1-2-15(17)19-12-6-4-3-5-11-18-14-9-7-13(16)8-10-14/h7-9,14,16H,2-6,10-12H2,1H3. The molecule has 0 aromatic heterocycles. The average molecular weight is 268 g/mol. The monoisotopic (exact) mass is 268 g/mol. The molecule has 1 rings (SSSR count). The molecule has 0 amide bonds. The fourth-order valence-electron chi connectivity index (χ4n) is 1.79. The first-order chi connectivity index (χ1) is 9.22. The second kappa shape index (κ2) is 9.62. The van der Waals surface area contributed by atoms with E-state index in [1.54, 1.807) is 19.1 Å². The largest absolute Gasteiger partial charge is 0.508 e. The third-order valence-corrected chi connectivity index (χ3v) is 2.96. The Balaban J connectivity index is 1.87. The summed E-state index contributed by atoms with van der Waals surface area (Å²) in [5.74, 6) is 0.199. The smallest absolute Gasteiger partial charge is 0.305 e. The maximum absolute atomic E-state index is 10.9. The van der Waals surface area contributed by atoms with Crippen molar-refractivity contribution < 1.29 is 19.4 Å². The second-order valence-electron chi connectivity index (χ2n) is 4.62. The molecule has 4 heteroatoms. The summed E-state index contributed by atoms with van der Waals surface area (Å²) in [6.45, 7) is 3.07. The SMILES string of the molecule is CCC(=O)OCCCCCCOC1C=CC(O)=CC1. The Bertz CT molecular complexity index is 320. The number of rotatable bonds is 9. The zero-order chi connectivity index (χ0) is 13.9. The average Bonchev–Trinajstić information content (AvgIpc) is 2.43. The summed E-state index contributed by atoms with van der Waals surface area (Å²) in [6.07, 6.45) is 10.7. The molecule has 0 radical (unpaired) electrons. The fraction of sp³-hybridized carbons (Fsp3) is 0.667. The fourth-order valence-corrected chi connectivity index (χ4v) is 1.79. The van der Waals surface area contributed by atoms with E-state index in [-0.39, 0.29) is 12.1 Å². The minimum absolute atomic E-state index is 0.0985. The van der Waals surface area contributed by atoms with Gasteiger partial charge in [0, 0.05) is 13.0 Å². The summed E-state index contributed by atoms with van der Waals surface area (Å²) in [5.41, 5.74) is 0. The highest BCUT2D eigenvalue weighted by atomic mass is 16.5. The van der Waals surface area contributed by atoms with Gasteiger partial charge in [-0.3, -0.25) is 4.79 Å². The predicted octanol–water partition coefficient (Wildman–Crippen LogP) is 3.29. The number of esters is 1. The molecule has 1 aliphatic rings. The van der Waals surface area contributed by atoms with E-state index in [0.717, 1.165) is 38.7 Å². The summed E-state index contributed by atoms with van der Waals surface area (Å²) in [5, 5.41) is 9.16. The molecule has 0 aliphatic heterocycles. The van der Waals surface area contributed by atoms with Crippen LogP contribution in [0, 0.1) is 0 Å². The first kappa shape index (κ1) is 15.8. The molecule has 0 aromatic rings. The van der Waals surface area contributed by atoms with Gasteiger partial charge in [0.25, 0.3) is 0 Å². The van der Waals surface area contributed by atoms with E-state index >= 15 is 0 Å². The molecule has 4 nitrogen and oxygen atoms in total. The van der Waals surface area contributed by atoms with Crippen LogP contribution in [0.4, 0.5) is 0 Å². The van der Waals surface area contributed by atoms with E-state index in [9.17, 15) is 4.79 Å². The van der Waals surface area contributed by atoms with Gasteiger partial charge in [0.15, 0.2) is 0 Å². The van der Waals surface area contributed by atoms with E-state index in [0.29, 0.717) is 18.8 Å². The van der Waals surface area contributed by atoms with Gasteiger partial charge < -0.3 is 14.6 Å². The van der Waals surface area contributed by atoms with E-state index in [4.69, 9.17) is 14.6 Å². The van der Waals surface area contributed by atoms with Crippen molar-refractivity contribution in [1.29, 1.82) is 0 Å². The lowest BCUT2D eigenvalue weighted by Gasteiger charge is -2.15. The molecule has 108 valence electrons. The molecule has 1 unspecified atom stereocenters. The normalized spacial score (nSPS) is 18.2. The quantitative estimate of drug-likeness (QED) is 0.515. The maximum Gasteiger partial charge on any atom is 0.305 e. The summed E-state index contributed by atoms with van der Waals surface area (Å²) >= 11 is 0. The molecule has 0 aromatic carbocycles. The van der Waals surface area contributed by atoms with Crippen LogP contribution in [0.5, 0.6) is 0 Å². The van der Waals surface area contributed by atoms with Crippen molar-refractivity contribution in [2.45, 2.75) is 51.6 Å². The van der Waals surface area contributed by atoms with Crippen molar-refractivity contribution in [2.24, 2.45) is 0 Å². The van der Waals surface area contributed by atoms with Crippen LogP contribution in [0.25, 0.3) is 0 Å². The molecule has 0 fully saturated rings. The molecule has 0 heterocycles. The van der Waals surface area contributed by atoms with Crippen LogP contribution in [0.3, 0.4) is 0 Å². The highest BCUT2D eigenvalue weighted by Gasteiger charge is 2.07. The van der Waals surface area contributed by atoms with E-state index < -0.39 is 0 Å². The molecule has 1 aliphatic carbocycles. The number of allylic oxidation sites excluding steroid dienone is 1. The van der Waals surface area contributed by atoms with E-state index in [1.807, 2.05) is 6.08 Å². The summed E-state index contributed by atoms with van der Waals surface area (Å²) in [7, 11) is 0. The molecular formula is C15H24O4. The summed E-state index contributed by atoms with van der Waals surface area (Å²) < 4.78 is 10.7. The highest BCUT2D eigenvalue weighted by Crippen LogP contribution is 2.12. The van der Waals surface area contributed by atoms with Crippen LogP contribution in [0.15, 0.2) is 24.0 Å². The van der Waals surface area contributed by atoms with Gasteiger partial charge in [0.1, 0.15) is 5.76 Å². The van der Waals surface area contributed by atoms with Gasteiger partial charge >= 0.3 is 5.97 Å². The van der Waals surface area contributed by atoms with Gasteiger partial charge in [0.05, 0.1) is 12.7 Å². The Labute approximate surface area is 115 Å². The van der Waals surface area contributed by atoms with Gasteiger partial charge in [-0.1, -0.05) is 19.4 Å². The minimum atomic E-state index is -0.122. The van der Waals surface area contributed by atoms with E-state index in [1.165, 1.54) is 0 Å². The predicted molar refractivity (Wildman–Crippen MR) is 73.9 cm³/mol. The number of carbonyl (C=O) groups is 1. The Hall–Kier alpha value is -1.29. The highest BCUT2D eigenvalue weighted by molar-refractivity contribution is 5.68. The lowest BCUT2D eigenvalue weighted by molar-refractivity contribution is -0.143. The van der Waals surface area contributed by atoms with Crippen molar-refractivity contribution in [2.75, 3.05) is 13.2 Å². The van der Waals surface area contributed by atoms with Gasteiger partial charge in [0.2, 0.25) is 0 Å². The zero-order valence-electron chi connectivity index (χ0n) is 11.6. The van der Waals surface area contributed by atoms with Crippen LogP contribution in [0.1, 0.15) is 45.4 Å². The van der Waals surface area contributed by atoms with Crippen LogP contribution < -0.4 is 0 Å². The Morgan fingerprint density at radius 2 is 2.05 bits per heavy atom. The molecule has 0 saturated heterocycles. The molecule has 0 bridgehead atoms. The van der Waals surface area contributed by atoms with Crippen LogP contribution in [-0.2, 0) is 14.3 Å². The number of carbonyl (C=O) groups excluding carboxylic acids is 1. The maximum atomic E-state index is 10.9.